The molecule has 0 aliphatic carbocycles. The molecule has 0 bridgehead atoms. The normalized spacial score (nSPS) is 20.1. The third-order valence-corrected chi connectivity index (χ3v) is 8.28. The van der Waals surface area contributed by atoms with E-state index in [4.69, 9.17) is 14.6 Å². The third-order valence-electron chi connectivity index (χ3n) is 7.17. The molecule has 0 radical (unpaired) electrons. The van der Waals surface area contributed by atoms with E-state index in [2.05, 4.69) is 12.2 Å². The molecule has 4 atom stereocenters. The largest absolute Gasteiger partial charge is 0.481 e. The summed E-state index contributed by atoms with van der Waals surface area (Å²) in [6.45, 7) is 2.37. The van der Waals surface area contributed by atoms with E-state index in [0.717, 1.165) is 27.1 Å². The Morgan fingerprint density at radius 1 is 0.833 bits per heavy atom. The van der Waals surface area contributed by atoms with E-state index in [1.165, 1.54) is 0 Å². The lowest BCUT2D eigenvalue weighted by molar-refractivity contribution is -0.268. The maximum Gasteiger partial charge on any atom is 0.335 e. The van der Waals surface area contributed by atoms with Crippen molar-refractivity contribution in [2.24, 2.45) is 5.92 Å². The first-order valence-corrected chi connectivity index (χ1v) is 14.8. The average Bonchev–Trinajstić information content (AvgIpc) is 3.00. The number of ether oxygens (including phenoxy) is 2. The molecule has 0 saturated carbocycles. The highest BCUT2D eigenvalue weighted by atomic mass is 32.2. The van der Waals surface area contributed by atoms with Gasteiger partial charge in [0.2, 0.25) is 5.91 Å². The number of carboxylic acid groups (broad SMARTS) is 2. The molecule has 0 spiro atoms. The van der Waals surface area contributed by atoms with Gasteiger partial charge >= 0.3 is 11.9 Å². The van der Waals surface area contributed by atoms with Crippen molar-refractivity contribution in [2.75, 3.05) is 5.75 Å². The van der Waals surface area contributed by atoms with Crippen LogP contribution in [0, 0.1) is 5.92 Å². The number of amides is 1. The summed E-state index contributed by atoms with van der Waals surface area (Å²) in [7, 11) is 0. The number of aliphatic carboxylic acids is 1. The highest BCUT2D eigenvalue weighted by molar-refractivity contribution is 7.99. The molecule has 1 aliphatic heterocycles. The molecule has 0 unspecified atom stereocenters. The number of benzene rings is 3. The van der Waals surface area contributed by atoms with Crippen LogP contribution in [0.4, 0.5) is 0 Å². The first kappa shape index (κ1) is 31.2. The second-order valence-corrected chi connectivity index (χ2v) is 11.3. The number of aromatic carboxylic acids is 1. The van der Waals surface area contributed by atoms with Gasteiger partial charge in [-0.15, -0.1) is 11.8 Å². The van der Waals surface area contributed by atoms with Gasteiger partial charge in [-0.25, -0.2) is 4.79 Å². The van der Waals surface area contributed by atoms with Gasteiger partial charge in [-0.05, 0) is 47.4 Å². The molecule has 1 fully saturated rings. The Morgan fingerprint density at radius 2 is 1.48 bits per heavy atom. The number of aliphatic hydroxyl groups is 1. The molecular formula is C32H35NO8S. The summed E-state index contributed by atoms with van der Waals surface area (Å²) >= 11 is 1.59. The van der Waals surface area contributed by atoms with Crippen LogP contribution in [0.25, 0.3) is 0 Å². The highest BCUT2D eigenvalue weighted by Gasteiger charge is 2.38. The summed E-state index contributed by atoms with van der Waals surface area (Å²) < 4.78 is 13.0. The molecule has 3 aromatic carbocycles. The summed E-state index contributed by atoms with van der Waals surface area (Å²) in [5.74, 6) is -1.44. The van der Waals surface area contributed by atoms with Crippen LogP contribution < -0.4 is 5.32 Å². The zero-order valence-corrected chi connectivity index (χ0v) is 24.1. The van der Waals surface area contributed by atoms with Crippen LogP contribution in [0.15, 0.2) is 77.7 Å². The van der Waals surface area contributed by atoms with Crippen molar-refractivity contribution in [2.45, 2.75) is 62.7 Å². The lowest BCUT2D eigenvalue weighted by atomic mass is 9.91. The highest BCUT2D eigenvalue weighted by Crippen LogP contribution is 2.43. The molecule has 9 nitrogen and oxygen atoms in total. The SMILES string of the molecule is C[C@H]1[C@@H](CSc2ccc(C(=O)O)cc2)O[C@@H](c2ccc(CNC(=O)CCCC(=O)O)cc2)O[C@H]1c1ccc(CO)cc1. The van der Waals surface area contributed by atoms with Gasteiger partial charge < -0.3 is 30.1 Å². The number of nitrogens with one attached hydrogen (secondary N) is 1. The van der Waals surface area contributed by atoms with Crippen molar-refractivity contribution in [3.05, 3.63) is 101 Å². The quantitative estimate of drug-likeness (QED) is 0.193. The van der Waals surface area contributed by atoms with Crippen molar-refractivity contribution in [3.8, 4) is 0 Å². The Bertz CT molecular complexity index is 1340. The number of aliphatic hydroxyl groups excluding tert-OH is 1. The summed E-state index contributed by atoms with van der Waals surface area (Å²) in [5.41, 5.74) is 3.76. The number of thioether (sulfide) groups is 1. The van der Waals surface area contributed by atoms with Gasteiger partial charge in [0, 0.05) is 41.5 Å². The molecule has 1 saturated heterocycles. The second-order valence-electron chi connectivity index (χ2n) is 10.2. The van der Waals surface area contributed by atoms with Crippen LogP contribution in [0.5, 0.6) is 0 Å². The summed E-state index contributed by atoms with van der Waals surface area (Å²) in [4.78, 5) is 34.8. The Morgan fingerprint density at radius 3 is 2.10 bits per heavy atom. The van der Waals surface area contributed by atoms with Gasteiger partial charge in [-0.2, -0.15) is 0 Å². The first-order chi connectivity index (χ1) is 20.2. The number of carbonyl (C=O) groups is 3. The van der Waals surface area contributed by atoms with Gasteiger partial charge in [-0.1, -0.05) is 55.5 Å². The fourth-order valence-corrected chi connectivity index (χ4v) is 5.73. The van der Waals surface area contributed by atoms with Gasteiger partial charge in [0.15, 0.2) is 6.29 Å². The minimum atomic E-state index is -0.963. The maximum absolute atomic E-state index is 12.0. The van der Waals surface area contributed by atoms with Crippen LogP contribution >= 0.6 is 11.8 Å². The van der Waals surface area contributed by atoms with E-state index < -0.39 is 18.2 Å². The van der Waals surface area contributed by atoms with Crippen molar-refractivity contribution in [1.29, 1.82) is 0 Å². The molecule has 1 amide bonds. The van der Waals surface area contributed by atoms with Gasteiger partial charge in [0.1, 0.15) is 0 Å². The van der Waals surface area contributed by atoms with E-state index >= 15 is 0 Å². The molecule has 3 aromatic rings. The van der Waals surface area contributed by atoms with Crippen molar-refractivity contribution in [1.82, 2.24) is 5.32 Å². The van der Waals surface area contributed by atoms with Crippen molar-refractivity contribution >= 4 is 29.6 Å². The molecule has 1 heterocycles. The Balaban J connectivity index is 1.45. The number of carbonyl (C=O) groups excluding carboxylic acids is 1. The molecule has 4 rings (SSSR count). The number of hydrogen-bond donors (Lipinski definition) is 4. The van der Waals surface area contributed by atoms with Crippen molar-refractivity contribution < 1.29 is 39.2 Å². The van der Waals surface area contributed by atoms with Crippen LogP contribution in [0.3, 0.4) is 0 Å². The molecule has 42 heavy (non-hydrogen) atoms. The maximum atomic E-state index is 12.0. The van der Waals surface area contributed by atoms with E-state index in [-0.39, 0.29) is 49.0 Å². The van der Waals surface area contributed by atoms with Gasteiger partial charge in [-0.3, -0.25) is 9.59 Å². The Labute approximate surface area is 248 Å². The van der Waals surface area contributed by atoms with E-state index in [0.29, 0.717) is 18.7 Å². The minimum absolute atomic E-state index is 0.00244. The van der Waals surface area contributed by atoms with Crippen LogP contribution in [0.2, 0.25) is 0 Å². The lowest BCUT2D eigenvalue weighted by Crippen LogP contribution is -2.38. The Hall–Kier alpha value is -3.70. The van der Waals surface area contributed by atoms with E-state index in [1.54, 1.807) is 36.0 Å². The smallest absolute Gasteiger partial charge is 0.335 e. The summed E-state index contributed by atoms with van der Waals surface area (Å²) in [6.07, 6.45) is -0.655. The monoisotopic (exact) mass is 593 g/mol. The minimum Gasteiger partial charge on any atom is -0.481 e. The van der Waals surface area contributed by atoms with Crippen molar-refractivity contribution in [3.63, 3.8) is 0 Å². The molecule has 4 N–H and O–H groups in total. The average molecular weight is 594 g/mol. The van der Waals surface area contributed by atoms with Crippen LogP contribution in [-0.4, -0.2) is 45.0 Å². The Kier molecular flexibility index (Phi) is 11.1. The molecule has 10 heteroatoms. The first-order valence-electron chi connectivity index (χ1n) is 13.8. The lowest BCUT2D eigenvalue weighted by Gasteiger charge is -2.41. The molecule has 0 aromatic heterocycles. The summed E-state index contributed by atoms with van der Waals surface area (Å²) in [6, 6.07) is 22.1. The molecule has 1 aliphatic rings. The van der Waals surface area contributed by atoms with Crippen LogP contribution in [-0.2, 0) is 32.2 Å². The molecule has 222 valence electrons. The summed E-state index contributed by atoms with van der Waals surface area (Å²) in [5, 5.41) is 30.2. The van der Waals surface area contributed by atoms with E-state index in [9.17, 15) is 24.6 Å². The third kappa shape index (κ3) is 8.65. The fraction of sp³-hybridized carbons (Fsp3) is 0.344. The predicted molar refractivity (Wildman–Crippen MR) is 157 cm³/mol. The number of hydrogen-bond acceptors (Lipinski definition) is 7. The fourth-order valence-electron chi connectivity index (χ4n) is 4.66. The number of carboxylic acids is 2. The zero-order valence-electron chi connectivity index (χ0n) is 23.3. The predicted octanol–water partition coefficient (Wildman–Crippen LogP) is 5.33. The molecular weight excluding hydrogens is 558 g/mol. The topological polar surface area (TPSA) is 142 Å². The second kappa shape index (κ2) is 15.0. The zero-order chi connectivity index (χ0) is 30.1. The van der Waals surface area contributed by atoms with Gasteiger partial charge in [0.05, 0.1) is 24.4 Å². The van der Waals surface area contributed by atoms with Gasteiger partial charge in [0.25, 0.3) is 0 Å². The van der Waals surface area contributed by atoms with E-state index in [1.807, 2.05) is 48.5 Å². The number of rotatable bonds is 13. The van der Waals surface area contributed by atoms with Crippen LogP contribution in [0.1, 0.15) is 71.2 Å². The standard InChI is InChI=1S/C32H35NO8S/c1-20-27(19-42-26-15-13-24(14-16-26)31(38)39)40-32(41-30(20)23-9-7-22(18-34)8-10-23)25-11-5-21(6-12-25)17-33-28(35)3-2-4-29(36)37/h5-16,20,27,30,32,34H,2-4,17-19H2,1H3,(H,33,35)(H,36,37)(H,38,39)/t20-,27+,30+,32+/m0/s1.